The van der Waals surface area contributed by atoms with Crippen LogP contribution in [0, 0.1) is 5.92 Å². The number of ether oxygens (including phenoxy) is 3. The second-order valence-corrected chi connectivity index (χ2v) is 4.83. The van der Waals surface area contributed by atoms with E-state index < -0.39 is 23.5 Å². The van der Waals surface area contributed by atoms with Gasteiger partial charge in [0.1, 0.15) is 5.76 Å². The molecule has 0 aromatic heterocycles. The van der Waals surface area contributed by atoms with Crippen LogP contribution in [0.15, 0.2) is 36.1 Å². The van der Waals surface area contributed by atoms with Crippen LogP contribution >= 0.6 is 0 Å². The number of carbonyl (C=O) groups excluding carboxylic acids is 3. The number of benzene rings is 1. The Morgan fingerprint density at radius 2 is 1.96 bits per heavy atom. The van der Waals surface area contributed by atoms with Crippen LogP contribution in [0.3, 0.4) is 0 Å². The zero-order chi connectivity index (χ0) is 17.0. The highest BCUT2D eigenvalue weighted by atomic mass is 16.5. The first kappa shape index (κ1) is 16.5. The third-order valence-corrected chi connectivity index (χ3v) is 3.27. The Kier molecular flexibility index (Phi) is 4.95. The van der Waals surface area contributed by atoms with E-state index in [1.807, 2.05) is 0 Å². The Labute approximate surface area is 133 Å². The zero-order valence-corrected chi connectivity index (χ0v) is 13.0. The van der Waals surface area contributed by atoms with Crippen LogP contribution in [0.2, 0.25) is 0 Å². The molecule has 0 bridgehead atoms. The molecule has 0 N–H and O–H groups in total. The van der Waals surface area contributed by atoms with Gasteiger partial charge in [0.2, 0.25) is 0 Å². The number of ketones is 2. The minimum atomic E-state index is -1.45. The van der Waals surface area contributed by atoms with Gasteiger partial charge < -0.3 is 14.2 Å². The molecule has 1 aromatic rings. The van der Waals surface area contributed by atoms with E-state index in [1.54, 1.807) is 18.2 Å². The van der Waals surface area contributed by atoms with Crippen molar-refractivity contribution in [3.63, 3.8) is 0 Å². The van der Waals surface area contributed by atoms with Crippen LogP contribution in [0.4, 0.5) is 0 Å². The van der Waals surface area contributed by atoms with Crippen LogP contribution < -0.4 is 9.47 Å². The first-order chi connectivity index (χ1) is 11.0. The van der Waals surface area contributed by atoms with E-state index in [0.717, 1.165) is 12.2 Å². The monoisotopic (exact) mass is 316 g/mol. The number of methoxy groups -OCH3 is 2. The third-order valence-electron chi connectivity index (χ3n) is 3.27. The molecule has 0 radical (unpaired) electrons. The SMILES string of the molecule is COc1cccc(/C=C/C(=O)C2C(=O)C=C(C)OC2=O)c1OC. The molecular formula is C17H16O6. The lowest BCUT2D eigenvalue weighted by molar-refractivity contribution is -0.151. The number of rotatable bonds is 5. The van der Waals surface area contributed by atoms with Crippen molar-refractivity contribution in [3.8, 4) is 11.5 Å². The van der Waals surface area contributed by atoms with Crippen molar-refractivity contribution >= 4 is 23.6 Å². The minimum absolute atomic E-state index is 0.183. The van der Waals surface area contributed by atoms with E-state index in [9.17, 15) is 14.4 Å². The van der Waals surface area contributed by atoms with Crippen LogP contribution in [-0.4, -0.2) is 31.8 Å². The van der Waals surface area contributed by atoms with Gasteiger partial charge in [-0.1, -0.05) is 12.1 Å². The van der Waals surface area contributed by atoms with Gasteiger partial charge in [-0.25, -0.2) is 0 Å². The van der Waals surface area contributed by atoms with Crippen LogP contribution in [0.1, 0.15) is 12.5 Å². The van der Waals surface area contributed by atoms with E-state index in [-0.39, 0.29) is 5.76 Å². The van der Waals surface area contributed by atoms with Crippen molar-refractivity contribution in [1.29, 1.82) is 0 Å². The summed E-state index contributed by atoms with van der Waals surface area (Å²) in [4.78, 5) is 35.7. The summed E-state index contributed by atoms with van der Waals surface area (Å²) in [6, 6.07) is 5.17. The second kappa shape index (κ2) is 6.91. The van der Waals surface area contributed by atoms with Crippen molar-refractivity contribution in [3.05, 3.63) is 41.7 Å². The number of hydrogen-bond donors (Lipinski definition) is 0. The average Bonchev–Trinajstić information content (AvgIpc) is 2.51. The predicted octanol–water partition coefficient (Wildman–Crippen LogP) is 1.93. The molecule has 1 aliphatic rings. The number of allylic oxidation sites excluding steroid dienone is 3. The summed E-state index contributed by atoms with van der Waals surface area (Å²) < 4.78 is 15.2. The topological polar surface area (TPSA) is 78.9 Å². The number of para-hydroxylation sites is 1. The lowest BCUT2D eigenvalue weighted by atomic mass is 9.96. The van der Waals surface area contributed by atoms with Gasteiger partial charge in [0, 0.05) is 11.6 Å². The molecule has 0 spiro atoms. The van der Waals surface area contributed by atoms with E-state index in [0.29, 0.717) is 17.1 Å². The smallest absolute Gasteiger partial charge is 0.329 e. The Bertz CT molecular complexity index is 714. The average molecular weight is 316 g/mol. The maximum atomic E-state index is 12.1. The fourth-order valence-corrected chi connectivity index (χ4v) is 2.21. The van der Waals surface area contributed by atoms with Crippen LogP contribution in [0.5, 0.6) is 11.5 Å². The maximum absolute atomic E-state index is 12.1. The van der Waals surface area contributed by atoms with Gasteiger partial charge in [-0.3, -0.25) is 14.4 Å². The van der Waals surface area contributed by atoms with Crippen molar-refractivity contribution < 1.29 is 28.6 Å². The second-order valence-electron chi connectivity index (χ2n) is 4.83. The number of esters is 1. The van der Waals surface area contributed by atoms with E-state index in [1.165, 1.54) is 27.2 Å². The summed E-state index contributed by atoms with van der Waals surface area (Å²) in [5, 5.41) is 0. The fraction of sp³-hybridized carbons (Fsp3) is 0.235. The predicted molar refractivity (Wildman–Crippen MR) is 81.9 cm³/mol. The molecule has 2 rings (SSSR count). The molecule has 6 heteroatoms. The lowest BCUT2D eigenvalue weighted by Gasteiger charge is -2.15. The number of carbonyl (C=O) groups is 3. The number of cyclic esters (lactones) is 1. The molecule has 6 nitrogen and oxygen atoms in total. The van der Waals surface area contributed by atoms with E-state index >= 15 is 0 Å². The number of hydrogen-bond acceptors (Lipinski definition) is 6. The van der Waals surface area contributed by atoms with Crippen LogP contribution in [-0.2, 0) is 19.1 Å². The highest BCUT2D eigenvalue weighted by Crippen LogP contribution is 2.31. The molecule has 1 unspecified atom stereocenters. The lowest BCUT2D eigenvalue weighted by Crippen LogP contribution is -2.34. The van der Waals surface area contributed by atoms with Gasteiger partial charge in [0.15, 0.2) is 29.0 Å². The van der Waals surface area contributed by atoms with Crippen molar-refractivity contribution in [2.45, 2.75) is 6.92 Å². The fourth-order valence-electron chi connectivity index (χ4n) is 2.21. The highest BCUT2D eigenvalue weighted by molar-refractivity contribution is 6.25. The summed E-state index contributed by atoms with van der Waals surface area (Å²) in [7, 11) is 2.98. The van der Waals surface area contributed by atoms with Gasteiger partial charge in [0.05, 0.1) is 14.2 Å². The Balaban J connectivity index is 2.26. The molecule has 1 atom stereocenters. The van der Waals surface area contributed by atoms with Gasteiger partial charge in [0.25, 0.3) is 0 Å². The van der Waals surface area contributed by atoms with Gasteiger partial charge >= 0.3 is 5.97 Å². The summed E-state index contributed by atoms with van der Waals surface area (Å²) in [6.07, 6.45) is 3.77. The van der Waals surface area contributed by atoms with Crippen molar-refractivity contribution in [2.75, 3.05) is 14.2 Å². The molecular weight excluding hydrogens is 300 g/mol. The summed E-state index contributed by atoms with van der Waals surface area (Å²) in [6.45, 7) is 1.48. The third kappa shape index (κ3) is 3.48. The normalized spacial score (nSPS) is 17.7. The Morgan fingerprint density at radius 3 is 2.57 bits per heavy atom. The molecule has 0 saturated heterocycles. The Morgan fingerprint density at radius 1 is 1.22 bits per heavy atom. The van der Waals surface area contributed by atoms with Gasteiger partial charge in [-0.15, -0.1) is 0 Å². The molecule has 1 aliphatic heterocycles. The van der Waals surface area contributed by atoms with Gasteiger partial charge in [-0.05, 0) is 25.1 Å². The van der Waals surface area contributed by atoms with Crippen molar-refractivity contribution in [1.82, 2.24) is 0 Å². The summed E-state index contributed by atoms with van der Waals surface area (Å²) in [5.41, 5.74) is 0.587. The molecule has 0 aliphatic carbocycles. The van der Waals surface area contributed by atoms with E-state index in [4.69, 9.17) is 14.2 Å². The molecule has 1 aromatic carbocycles. The molecule has 0 saturated carbocycles. The minimum Gasteiger partial charge on any atom is -0.493 e. The highest BCUT2D eigenvalue weighted by Gasteiger charge is 2.36. The van der Waals surface area contributed by atoms with Crippen LogP contribution in [0.25, 0.3) is 6.08 Å². The first-order valence-electron chi connectivity index (χ1n) is 6.84. The quantitative estimate of drug-likeness (QED) is 0.469. The zero-order valence-electron chi connectivity index (χ0n) is 13.0. The largest absolute Gasteiger partial charge is 0.493 e. The first-order valence-corrected chi connectivity index (χ1v) is 6.84. The van der Waals surface area contributed by atoms with E-state index in [2.05, 4.69) is 0 Å². The molecule has 1 heterocycles. The van der Waals surface area contributed by atoms with Gasteiger partial charge in [-0.2, -0.15) is 0 Å². The molecule has 0 amide bonds. The van der Waals surface area contributed by atoms with Crippen molar-refractivity contribution in [2.24, 2.45) is 5.92 Å². The molecule has 0 fully saturated rings. The maximum Gasteiger partial charge on any atom is 0.329 e. The molecule has 120 valence electrons. The summed E-state index contributed by atoms with van der Waals surface area (Å²) in [5.74, 6) is -2.39. The molecule has 23 heavy (non-hydrogen) atoms. The Hall–Kier alpha value is -2.89. The standard InChI is InChI=1S/C17H16O6/c1-10-9-13(19)15(17(20)23-10)12(18)8-7-11-5-4-6-14(21-2)16(11)22-3/h4-9,15H,1-3H3/b8-7+. The summed E-state index contributed by atoms with van der Waals surface area (Å²) >= 11 is 0.